The highest BCUT2D eigenvalue weighted by molar-refractivity contribution is 4.94. The van der Waals surface area contributed by atoms with Crippen molar-refractivity contribution in [2.24, 2.45) is 5.73 Å². The first-order chi connectivity index (χ1) is 8.18. The summed E-state index contributed by atoms with van der Waals surface area (Å²) >= 11 is 0. The molecule has 17 heavy (non-hydrogen) atoms. The van der Waals surface area contributed by atoms with Gasteiger partial charge in [0.2, 0.25) is 0 Å². The fourth-order valence-corrected chi connectivity index (χ4v) is 3.27. The van der Waals surface area contributed by atoms with Gasteiger partial charge in [-0.15, -0.1) is 0 Å². The molecular formula is C15H32N2. The van der Waals surface area contributed by atoms with Crippen LogP contribution in [0.4, 0.5) is 0 Å². The lowest BCUT2D eigenvalue weighted by Crippen LogP contribution is -2.53. The fraction of sp³-hybridized carbons (Fsp3) is 1.00. The van der Waals surface area contributed by atoms with Crippen LogP contribution >= 0.6 is 0 Å². The summed E-state index contributed by atoms with van der Waals surface area (Å²) in [6.45, 7) is 9.05. The Kier molecular flexibility index (Phi) is 6.50. The van der Waals surface area contributed by atoms with Gasteiger partial charge in [0.15, 0.2) is 0 Å². The molecule has 2 atom stereocenters. The van der Waals surface area contributed by atoms with E-state index in [9.17, 15) is 0 Å². The van der Waals surface area contributed by atoms with Crippen LogP contribution in [0.3, 0.4) is 0 Å². The Balaban J connectivity index is 2.48. The van der Waals surface area contributed by atoms with E-state index in [1.165, 1.54) is 57.9 Å². The molecule has 1 fully saturated rings. The van der Waals surface area contributed by atoms with Crippen LogP contribution in [0.1, 0.15) is 72.1 Å². The number of nitrogens with zero attached hydrogens (tertiary/aromatic N) is 1. The molecule has 1 saturated heterocycles. The second-order valence-electron chi connectivity index (χ2n) is 5.91. The molecule has 0 aromatic heterocycles. The third kappa shape index (κ3) is 3.96. The molecule has 0 saturated carbocycles. The quantitative estimate of drug-likeness (QED) is 0.657. The Morgan fingerprint density at radius 2 is 2.00 bits per heavy atom. The van der Waals surface area contributed by atoms with Crippen molar-refractivity contribution < 1.29 is 0 Å². The summed E-state index contributed by atoms with van der Waals surface area (Å²) in [5.41, 5.74) is 6.33. The molecule has 0 aliphatic carbocycles. The molecule has 1 heterocycles. The fourth-order valence-electron chi connectivity index (χ4n) is 3.27. The van der Waals surface area contributed by atoms with E-state index < -0.39 is 0 Å². The molecule has 0 bridgehead atoms. The van der Waals surface area contributed by atoms with Crippen molar-refractivity contribution in [1.82, 2.24) is 4.90 Å². The zero-order valence-corrected chi connectivity index (χ0v) is 12.2. The molecule has 1 aliphatic rings. The Labute approximate surface area is 108 Å². The van der Waals surface area contributed by atoms with E-state index in [1.54, 1.807) is 0 Å². The molecule has 2 unspecified atom stereocenters. The normalized spacial score (nSPS) is 25.1. The first kappa shape index (κ1) is 15.0. The highest BCUT2D eigenvalue weighted by atomic mass is 15.2. The molecular weight excluding hydrogens is 208 g/mol. The van der Waals surface area contributed by atoms with Gasteiger partial charge in [-0.3, -0.25) is 4.90 Å². The maximum atomic E-state index is 6.08. The topological polar surface area (TPSA) is 29.3 Å². The van der Waals surface area contributed by atoms with E-state index in [4.69, 9.17) is 5.73 Å². The number of hydrogen-bond acceptors (Lipinski definition) is 2. The van der Waals surface area contributed by atoms with Gasteiger partial charge in [-0.1, -0.05) is 39.5 Å². The molecule has 1 rings (SSSR count). The predicted octanol–water partition coefficient (Wildman–Crippen LogP) is 3.55. The van der Waals surface area contributed by atoms with Gasteiger partial charge < -0.3 is 5.73 Å². The lowest BCUT2D eigenvalue weighted by atomic mass is 9.91. The number of hydrogen-bond donors (Lipinski definition) is 1. The molecule has 2 N–H and O–H groups in total. The van der Waals surface area contributed by atoms with E-state index in [0.717, 1.165) is 12.6 Å². The Bertz CT molecular complexity index is 205. The van der Waals surface area contributed by atoms with Crippen LogP contribution < -0.4 is 5.73 Å². The van der Waals surface area contributed by atoms with Crippen LogP contribution in [-0.2, 0) is 0 Å². The van der Waals surface area contributed by atoms with Gasteiger partial charge in [-0.05, 0) is 39.2 Å². The first-order valence-corrected chi connectivity index (χ1v) is 7.64. The van der Waals surface area contributed by atoms with E-state index >= 15 is 0 Å². The Morgan fingerprint density at radius 3 is 2.59 bits per heavy atom. The van der Waals surface area contributed by atoms with Gasteiger partial charge in [0.1, 0.15) is 0 Å². The van der Waals surface area contributed by atoms with Crippen molar-refractivity contribution >= 4 is 0 Å². The van der Waals surface area contributed by atoms with Gasteiger partial charge in [-0.2, -0.15) is 0 Å². The van der Waals surface area contributed by atoms with Crippen LogP contribution in [0.2, 0.25) is 0 Å². The molecule has 0 amide bonds. The summed E-state index contributed by atoms with van der Waals surface area (Å²) in [4.78, 5) is 2.71. The lowest BCUT2D eigenvalue weighted by molar-refractivity contribution is 0.0829. The summed E-state index contributed by atoms with van der Waals surface area (Å²) in [5, 5.41) is 0. The van der Waals surface area contributed by atoms with Crippen LogP contribution in [0.5, 0.6) is 0 Å². The third-order valence-electron chi connectivity index (χ3n) is 4.55. The van der Waals surface area contributed by atoms with Crippen LogP contribution in [0, 0.1) is 0 Å². The number of unbranched alkanes of at least 4 members (excludes halogenated alkanes) is 3. The lowest BCUT2D eigenvalue weighted by Gasteiger charge is -2.42. The summed E-state index contributed by atoms with van der Waals surface area (Å²) in [6.07, 6.45) is 10.7. The van der Waals surface area contributed by atoms with Gasteiger partial charge >= 0.3 is 0 Å². The van der Waals surface area contributed by atoms with Crippen molar-refractivity contribution in [3.8, 4) is 0 Å². The molecule has 0 radical (unpaired) electrons. The molecule has 0 aromatic rings. The maximum absolute atomic E-state index is 6.08. The average molecular weight is 240 g/mol. The second-order valence-corrected chi connectivity index (χ2v) is 5.91. The second kappa shape index (κ2) is 7.38. The summed E-state index contributed by atoms with van der Waals surface area (Å²) in [7, 11) is 0. The summed E-state index contributed by atoms with van der Waals surface area (Å²) < 4.78 is 0. The minimum atomic E-state index is 0.255. The van der Waals surface area contributed by atoms with Gasteiger partial charge in [-0.25, -0.2) is 0 Å². The molecule has 0 spiro atoms. The summed E-state index contributed by atoms with van der Waals surface area (Å²) in [5.74, 6) is 0. The number of rotatable bonds is 8. The monoisotopic (exact) mass is 240 g/mol. The van der Waals surface area contributed by atoms with Gasteiger partial charge in [0.05, 0.1) is 0 Å². The van der Waals surface area contributed by atoms with Crippen molar-refractivity contribution in [3.05, 3.63) is 0 Å². The average Bonchev–Trinajstić information content (AvgIpc) is 2.83. The van der Waals surface area contributed by atoms with Crippen molar-refractivity contribution in [1.29, 1.82) is 0 Å². The SMILES string of the molecule is CCCCCCC(C)(CN)N1CCCC1CC. The molecule has 2 heteroatoms. The van der Waals surface area contributed by atoms with Gasteiger partial charge in [0.25, 0.3) is 0 Å². The van der Waals surface area contributed by atoms with Crippen molar-refractivity contribution in [3.63, 3.8) is 0 Å². The highest BCUT2D eigenvalue weighted by Gasteiger charge is 2.36. The van der Waals surface area contributed by atoms with Crippen molar-refractivity contribution in [2.45, 2.75) is 83.7 Å². The van der Waals surface area contributed by atoms with Gasteiger partial charge in [0, 0.05) is 18.1 Å². The minimum Gasteiger partial charge on any atom is -0.329 e. The first-order valence-electron chi connectivity index (χ1n) is 7.64. The molecule has 2 nitrogen and oxygen atoms in total. The zero-order chi connectivity index (χ0) is 12.7. The smallest absolute Gasteiger partial charge is 0.0306 e. The molecule has 102 valence electrons. The van der Waals surface area contributed by atoms with Crippen LogP contribution in [0.25, 0.3) is 0 Å². The Morgan fingerprint density at radius 1 is 1.24 bits per heavy atom. The predicted molar refractivity (Wildman–Crippen MR) is 76.2 cm³/mol. The van der Waals surface area contributed by atoms with E-state index in [1.807, 2.05) is 0 Å². The number of likely N-dealkylation sites (tertiary alicyclic amines) is 1. The Hall–Kier alpha value is -0.0800. The molecule has 0 aromatic carbocycles. The third-order valence-corrected chi connectivity index (χ3v) is 4.55. The largest absolute Gasteiger partial charge is 0.329 e. The van der Waals surface area contributed by atoms with E-state index in [-0.39, 0.29) is 5.54 Å². The highest BCUT2D eigenvalue weighted by Crippen LogP contribution is 2.31. The van der Waals surface area contributed by atoms with Crippen LogP contribution in [-0.4, -0.2) is 29.6 Å². The van der Waals surface area contributed by atoms with Crippen molar-refractivity contribution in [2.75, 3.05) is 13.1 Å². The summed E-state index contributed by atoms with van der Waals surface area (Å²) in [6, 6.07) is 0.787. The number of nitrogens with two attached hydrogens (primary N) is 1. The minimum absolute atomic E-state index is 0.255. The molecule has 1 aliphatic heterocycles. The van der Waals surface area contributed by atoms with E-state index in [2.05, 4.69) is 25.7 Å². The standard InChI is InChI=1S/C15H32N2/c1-4-6-7-8-11-15(3,13-16)17-12-9-10-14(17)5-2/h14H,4-13,16H2,1-3H3. The maximum Gasteiger partial charge on any atom is 0.0306 e. The van der Waals surface area contributed by atoms with Crippen LogP contribution in [0.15, 0.2) is 0 Å². The zero-order valence-electron chi connectivity index (χ0n) is 12.2. The van der Waals surface area contributed by atoms with E-state index in [0.29, 0.717) is 0 Å².